The van der Waals surface area contributed by atoms with Crippen LogP contribution >= 0.6 is 12.2 Å². The fraction of sp³-hybridized carbons (Fsp3) is 0.533. The van der Waals surface area contributed by atoms with Crippen molar-refractivity contribution in [3.63, 3.8) is 0 Å². The molecule has 0 heterocycles. The summed E-state index contributed by atoms with van der Waals surface area (Å²) in [6.07, 6.45) is 2.32. The SMILES string of the molecule is CCCCNC(=S)Nc1ccc(C(C)(C)C)cc1. The molecule has 0 fully saturated rings. The van der Waals surface area contributed by atoms with Gasteiger partial charge in [0.25, 0.3) is 0 Å². The zero-order valence-electron chi connectivity index (χ0n) is 11.8. The third-order valence-electron chi connectivity index (χ3n) is 2.82. The minimum Gasteiger partial charge on any atom is -0.362 e. The maximum absolute atomic E-state index is 5.23. The molecule has 0 saturated heterocycles. The normalized spacial score (nSPS) is 11.1. The Morgan fingerprint density at radius 3 is 2.28 bits per heavy atom. The molecule has 0 aromatic heterocycles. The van der Waals surface area contributed by atoms with Crippen molar-refractivity contribution < 1.29 is 0 Å². The van der Waals surface area contributed by atoms with Gasteiger partial charge in [-0.05, 0) is 41.7 Å². The Kier molecular flexibility index (Phi) is 5.60. The minimum absolute atomic E-state index is 0.193. The molecular formula is C15H24N2S. The number of rotatable bonds is 4. The van der Waals surface area contributed by atoms with Crippen LogP contribution in [0.2, 0.25) is 0 Å². The first-order valence-electron chi connectivity index (χ1n) is 6.59. The van der Waals surface area contributed by atoms with Crippen LogP contribution in [-0.4, -0.2) is 11.7 Å². The summed E-state index contributed by atoms with van der Waals surface area (Å²) < 4.78 is 0. The van der Waals surface area contributed by atoms with Crippen LogP contribution in [0.5, 0.6) is 0 Å². The second-order valence-electron chi connectivity index (χ2n) is 5.56. The van der Waals surface area contributed by atoms with E-state index in [2.05, 4.69) is 62.6 Å². The second-order valence-corrected chi connectivity index (χ2v) is 5.97. The molecular weight excluding hydrogens is 240 g/mol. The first-order chi connectivity index (χ1) is 8.43. The Hall–Kier alpha value is -1.09. The number of hydrogen-bond acceptors (Lipinski definition) is 1. The van der Waals surface area contributed by atoms with Gasteiger partial charge in [0.2, 0.25) is 0 Å². The van der Waals surface area contributed by atoms with Crippen LogP contribution < -0.4 is 10.6 Å². The summed E-state index contributed by atoms with van der Waals surface area (Å²) in [5.41, 5.74) is 2.56. The predicted molar refractivity (Wildman–Crippen MR) is 84.3 cm³/mol. The fourth-order valence-corrected chi connectivity index (χ4v) is 1.83. The first-order valence-corrected chi connectivity index (χ1v) is 6.99. The van der Waals surface area contributed by atoms with Crippen molar-refractivity contribution in [2.75, 3.05) is 11.9 Å². The number of unbranched alkanes of at least 4 members (excludes halogenated alkanes) is 1. The average molecular weight is 264 g/mol. The molecule has 100 valence electrons. The molecule has 3 heteroatoms. The van der Waals surface area contributed by atoms with E-state index in [0.29, 0.717) is 5.11 Å². The summed E-state index contributed by atoms with van der Waals surface area (Å²) in [5.74, 6) is 0. The lowest BCUT2D eigenvalue weighted by Crippen LogP contribution is -2.29. The van der Waals surface area contributed by atoms with Gasteiger partial charge in [-0.25, -0.2) is 0 Å². The van der Waals surface area contributed by atoms with Crippen molar-refractivity contribution in [2.24, 2.45) is 0 Å². The molecule has 18 heavy (non-hydrogen) atoms. The van der Waals surface area contributed by atoms with E-state index in [-0.39, 0.29) is 5.41 Å². The van der Waals surface area contributed by atoms with Crippen molar-refractivity contribution in [2.45, 2.75) is 46.0 Å². The molecule has 0 unspecified atom stereocenters. The Balaban J connectivity index is 2.51. The lowest BCUT2D eigenvalue weighted by Gasteiger charge is -2.19. The van der Waals surface area contributed by atoms with Crippen LogP contribution in [0.3, 0.4) is 0 Å². The van der Waals surface area contributed by atoms with E-state index in [9.17, 15) is 0 Å². The summed E-state index contributed by atoms with van der Waals surface area (Å²) in [6.45, 7) is 9.75. The summed E-state index contributed by atoms with van der Waals surface area (Å²) in [4.78, 5) is 0. The van der Waals surface area contributed by atoms with E-state index in [0.717, 1.165) is 18.7 Å². The van der Waals surface area contributed by atoms with Crippen LogP contribution in [0.4, 0.5) is 5.69 Å². The van der Waals surface area contributed by atoms with E-state index < -0.39 is 0 Å². The Labute approximate surface area is 116 Å². The van der Waals surface area contributed by atoms with Gasteiger partial charge in [0.1, 0.15) is 0 Å². The maximum Gasteiger partial charge on any atom is 0.170 e. The molecule has 0 amide bonds. The molecule has 0 radical (unpaired) electrons. The highest BCUT2D eigenvalue weighted by atomic mass is 32.1. The highest BCUT2D eigenvalue weighted by molar-refractivity contribution is 7.80. The van der Waals surface area contributed by atoms with E-state index in [1.807, 2.05) is 0 Å². The molecule has 0 bridgehead atoms. The zero-order chi connectivity index (χ0) is 13.6. The number of hydrogen-bond donors (Lipinski definition) is 2. The molecule has 0 aliphatic rings. The zero-order valence-corrected chi connectivity index (χ0v) is 12.7. The third kappa shape index (κ3) is 5.05. The molecule has 0 saturated carbocycles. The molecule has 2 nitrogen and oxygen atoms in total. The van der Waals surface area contributed by atoms with E-state index in [4.69, 9.17) is 12.2 Å². The molecule has 0 aliphatic heterocycles. The molecule has 1 aromatic carbocycles. The maximum atomic E-state index is 5.23. The lowest BCUT2D eigenvalue weighted by molar-refractivity contribution is 0.590. The smallest absolute Gasteiger partial charge is 0.170 e. The molecule has 0 atom stereocenters. The van der Waals surface area contributed by atoms with Gasteiger partial charge in [-0.15, -0.1) is 0 Å². The highest BCUT2D eigenvalue weighted by Crippen LogP contribution is 2.23. The summed E-state index contributed by atoms with van der Waals surface area (Å²) in [5, 5.41) is 7.10. The topological polar surface area (TPSA) is 24.1 Å². The van der Waals surface area contributed by atoms with E-state index in [1.165, 1.54) is 12.0 Å². The number of nitrogens with one attached hydrogen (secondary N) is 2. The van der Waals surface area contributed by atoms with E-state index in [1.54, 1.807) is 0 Å². The van der Waals surface area contributed by atoms with Gasteiger partial charge in [-0.2, -0.15) is 0 Å². The van der Waals surface area contributed by atoms with Gasteiger partial charge >= 0.3 is 0 Å². The molecule has 1 aromatic rings. The van der Waals surface area contributed by atoms with Gasteiger partial charge in [0, 0.05) is 12.2 Å². The summed E-state index contributed by atoms with van der Waals surface area (Å²) >= 11 is 5.23. The molecule has 0 aliphatic carbocycles. The second kappa shape index (κ2) is 6.74. The molecule has 0 spiro atoms. The number of benzene rings is 1. The van der Waals surface area contributed by atoms with E-state index >= 15 is 0 Å². The average Bonchev–Trinajstić information content (AvgIpc) is 2.29. The van der Waals surface area contributed by atoms with Crippen LogP contribution in [-0.2, 0) is 5.41 Å². The third-order valence-corrected chi connectivity index (χ3v) is 3.07. The standard InChI is InChI=1S/C15H24N2S/c1-5-6-11-16-14(18)17-13-9-7-12(8-10-13)15(2,3)4/h7-10H,5-6,11H2,1-4H3,(H2,16,17,18). The van der Waals surface area contributed by atoms with Gasteiger partial charge in [-0.1, -0.05) is 46.2 Å². The van der Waals surface area contributed by atoms with Crippen molar-refractivity contribution in [3.8, 4) is 0 Å². The quantitative estimate of drug-likeness (QED) is 0.633. The van der Waals surface area contributed by atoms with Gasteiger partial charge in [-0.3, -0.25) is 0 Å². The molecule has 1 rings (SSSR count). The van der Waals surface area contributed by atoms with Crippen molar-refractivity contribution in [1.82, 2.24) is 5.32 Å². The van der Waals surface area contributed by atoms with Gasteiger partial charge < -0.3 is 10.6 Å². The summed E-state index contributed by atoms with van der Waals surface area (Å²) in [7, 11) is 0. The Bertz CT molecular complexity index is 376. The predicted octanol–water partition coefficient (Wildman–Crippen LogP) is 4.07. The Morgan fingerprint density at radius 1 is 1.17 bits per heavy atom. The highest BCUT2D eigenvalue weighted by Gasteiger charge is 2.12. The van der Waals surface area contributed by atoms with Crippen molar-refractivity contribution in [1.29, 1.82) is 0 Å². The van der Waals surface area contributed by atoms with Crippen LogP contribution in [0.1, 0.15) is 46.1 Å². The fourth-order valence-electron chi connectivity index (χ4n) is 1.61. The largest absolute Gasteiger partial charge is 0.362 e. The minimum atomic E-state index is 0.193. The monoisotopic (exact) mass is 264 g/mol. The van der Waals surface area contributed by atoms with Crippen LogP contribution in [0.25, 0.3) is 0 Å². The van der Waals surface area contributed by atoms with Crippen LogP contribution in [0.15, 0.2) is 24.3 Å². The lowest BCUT2D eigenvalue weighted by atomic mass is 9.87. The van der Waals surface area contributed by atoms with Gasteiger partial charge in [0.15, 0.2) is 5.11 Å². The first kappa shape index (κ1) is 15.0. The van der Waals surface area contributed by atoms with Crippen molar-refractivity contribution in [3.05, 3.63) is 29.8 Å². The number of anilines is 1. The molecule has 2 N–H and O–H groups in total. The van der Waals surface area contributed by atoms with Crippen LogP contribution in [0, 0.1) is 0 Å². The Morgan fingerprint density at radius 2 is 1.78 bits per heavy atom. The number of thiocarbonyl (C=S) groups is 1. The van der Waals surface area contributed by atoms with Crippen molar-refractivity contribution >= 4 is 23.0 Å². The summed E-state index contributed by atoms with van der Waals surface area (Å²) in [6, 6.07) is 8.46. The van der Waals surface area contributed by atoms with Gasteiger partial charge in [0.05, 0.1) is 0 Å².